The highest BCUT2D eigenvalue weighted by Gasteiger charge is 2.35. The van der Waals surface area contributed by atoms with E-state index < -0.39 is 0 Å². The van der Waals surface area contributed by atoms with Gasteiger partial charge in [-0.1, -0.05) is 13.3 Å². The minimum absolute atomic E-state index is 0.0873. The maximum atomic E-state index is 9.51. The van der Waals surface area contributed by atoms with Crippen molar-refractivity contribution in [3.63, 3.8) is 0 Å². The zero-order chi connectivity index (χ0) is 12.3. The molecule has 1 aromatic rings. The summed E-state index contributed by atoms with van der Waals surface area (Å²) in [5, 5.41) is 11.6. The van der Waals surface area contributed by atoms with Crippen LogP contribution < -0.4 is 0 Å². The summed E-state index contributed by atoms with van der Waals surface area (Å²) < 4.78 is 1.15. The molecular weight excluding hydrogens is 294 g/mol. The minimum Gasteiger partial charge on any atom is -0.198 e. The van der Waals surface area contributed by atoms with E-state index in [4.69, 9.17) is 0 Å². The van der Waals surface area contributed by atoms with Crippen molar-refractivity contribution in [2.24, 2.45) is 11.3 Å². The van der Waals surface area contributed by atoms with Crippen LogP contribution in [0.5, 0.6) is 0 Å². The lowest BCUT2D eigenvalue weighted by atomic mass is 9.69. The summed E-state index contributed by atoms with van der Waals surface area (Å²) in [5.41, 5.74) is -0.0873. The summed E-state index contributed by atoms with van der Waals surface area (Å²) in [4.78, 5) is 1.34. The molecule has 0 unspecified atom stereocenters. The lowest BCUT2D eigenvalue weighted by Crippen LogP contribution is -2.27. The first kappa shape index (κ1) is 13.1. The Labute approximate surface area is 116 Å². The van der Waals surface area contributed by atoms with Crippen LogP contribution in [-0.4, -0.2) is 0 Å². The van der Waals surface area contributed by atoms with Gasteiger partial charge in [-0.05, 0) is 53.6 Å². The van der Waals surface area contributed by atoms with Crippen LogP contribution in [0, 0.1) is 22.7 Å². The second-order valence-electron chi connectivity index (χ2n) is 5.15. The molecule has 0 bridgehead atoms. The smallest absolute Gasteiger partial charge is 0.0693 e. The average Bonchev–Trinajstić information content (AvgIpc) is 2.75. The van der Waals surface area contributed by atoms with Crippen molar-refractivity contribution >= 4 is 27.3 Å². The van der Waals surface area contributed by atoms with Gasteiger partial charge in [0.05, 0.1) is 11.5 Å². The third-order valence-electron chi connectivity index (χ3n) is 4.01. The van der Waals surface area contributed by atoms with Crippen LogP contribution in [0.25, 0.3) is 0 Å². The van der Waals surface area contributed by atoms with Gasteiger partial charge in [0.15, 0.2) is 0 Å². The standard InChI is InChI=1S/C14H18BrNS/c1-2-11-3-5-14(10-16,6-4-11)8-13-7-12(15)9-17-13/h7,9,11H,2-6,8H2,1H3. The van der Waals surface area contributed by atoms with E-state index >= 15 is 0 Å². The van der Waals surface area contributed by atoms with E-state index in [2.05, 4.69) is 40.4 Å². The van der Waals surface area contributed by atoms with Gasteiger partial charge in [-0.25, -0.2) is 0 Å². The molecule has 17 heavy (non-hydrogen) atoms. The maximum absolute atomic E-state index is 9.51. The van der Waals surface area contributed by atoms with Crippen LogP contribution in [0.15, 0.2) is 15.9 Å². The molecule has 1 saturated carbocycles. The monoisotopic (exact) mass is 311 g/mol. The summed E-state index contributed by atoms with van der Waals surface area (Å²) in [5.74, 6) is 0.853. The van der Waals surface area contributed by atoms with E-state index in [1.165, 1.54) is 24.1 Å². The summed E-state index contributed by atoms with van der Waals surface area (Å²) in [6.07, 6.45) is 6.84. The topological polar surface area (TPSA) is 23.8 Å². The molecule has 2 rings (SSSR count). The summed E-state index contributed by atoms with van der Waals surface area (Å²) in [6.45, 7) is 2.26. The van der Waals surface area contributed by atoms with Crippen molar-refractivity contribution in [2.45, 2.75) is 45.4 Å². The first-order valence-electron chi connectivity index (χ1n) is 6.31. The highest BCUT2D eigenvalue weighted by Crippen LogP contribution is 2.43. The van der Waals surface area contributed by atoms with E-state index in [1.807, 2.05) is 0 Å². The van der Waals surface area contributed by atoms with E-state index in [0.717, 1.165) is 29.7 Å². The number of thiophene rings is 1. The summed E-state index contributed by atoms with van der Waals surface area (Å²) in [6, 6.07) is 4.77. The fourth-order valence-corrected chi connectivity index (χ4v) is 4.34. The SMILES string of the molecule is CCC1CCC(C#N)(Cc2cc(Br)cs2)CC1. The van der Waals surface area contributed by atoms with Crippen LogP contribution in [0.2, 0.25) is 0 Å². The zero-order valence-electron chi connectivity index (χ0n) is 10.2. The molecule has 1 nitrogen and oxygen atoms in total. The Balaban J connectivity index is 2.04. The molecule has 0 aliphatic heterocycles. The van der Waals surface area contributed by atoms with Crippen molar-refractivity contribution in [3.05, 3.63) is 20.8 Å². The van der Waals surface area contributed by atoms with Crippen LogP contribution in [0.4, 0.5) is 0 Å². The van der Waals surface area contributed by atoms with Crippen LogP contribution in [0.1, 0.15) is 43.9 Å². The van der Waals surface area contributed by atoms with Gasteiger partial charge in [0.1, 0.15) is 0 Å². The summed E-state index contributed by atoms with van der Waals surface area (Å²) >= 11 is 5.25. The number of nitrogens with zero attached hydrogens (tertiary/aromatic N) is 1. The van der Waals surface area contributed by atoms with Gasteiger partial charge in [-0.3, -0.25) is 0 Å². The van der Waals surface area contributed by atoms with Crippen LogP contribution >= 0.6 is 27.3 Å². The van der Waals surface area contributed by atoms with Crippen LogP contribution in [-0.2, 0) is 6.42 Å². The lowest BCUT2D eigenvalue weighted by Gasteiger charge is -2.34. The quantitative estimate of drug-likeness (QED) is 0.756. The zero-order valence-corrected chi connectivity index (χ0v) is 12.6. The predicted molar refractivity (Wildman–Crippen MR) is 76.0 cm³/mol. The average molecular weight is 312 g/mol. The molecule has 1 aromatic heterocycles. The van der Waals surface area contributed by atoms with Gasteiger partial charge in [-0.15, -0.1) is 11.3 Å². The molecular formula is C14H18BrNS. The Kier molecular flexibility index (Phi) is 4.27. The molecule has 0 spiro atoms. The Hall–Kier alpha value is -0.330. The van der Waals surface area contributed by atoms with Gasteiger partial charge in [-0.2, -0.15) is 5.26 Å². The molecule has 0 saturated heterocycles. The fraction of sp³-hybridized carbons (Fsp3) is 0.643. The van der Waals surface area contributed by atoms with Crippen molar-refractivity contribution in [2.75, 3.05) is 0 Å². The van der Waals surface area contributed by atoms with Crippen molar-refractivity contribution in [3.8, 4) is 6.07 Å². The van der Waals surface area contributed by atoms with E-state index in [-0.39, 0.29) is 5.41 Å². The second kappa shape index (κ2) is 5.54. The molecule has 1 heterocycles. The Morgan fingerprint density at radius 2 is 2.24 bits per heavy atom. The normalized spacial score (nSPS) is 28.9. The van der Waals surface area contributed by atoms with Crippen molar-refractivity contribution in [1.29, 1.82) is 5.26 Å². The first-order chi connectivity index (χ1) is 8.17. The Morgan fingerprint density at radius 1 is 1.53 bits per heavy atom. The second-order valence-corrected chi connectivity index (χ2v) is 7.06. The molecule has 1 aliphatic carbocycles. The van der Waals surface area contributed by atoms with Gasteiger partial charge in [0.2, 0.25) is 0 Å². The number of hydrogen-bond acceptors (Lipinski definition) is 2. The highest BCUT2D eigenvalue weighted by molar-refractivity contribution is 9.10. The molecule has 0 radical (unpaired) electrons. The fourth-order valence-electron chi connectivity index (χ4n) is 2.75. The molecule has 0 atom stereocenters. The van der Waals surface area contributed by atoms with Crippen LogP contribution in [0.3, 0.4) is 0 Å². The highest BCUT2D eigenvalue weighted by atomic mass is 79.9. The number of hydrogen-bond donors (Lipinski definition) is 0. The molecule has 1 fully saturated rings. The lowest BCUT2D eigenvalue weighted by molar-refractivity contribution is 0.206. The summed E-state index contributed by atoms with van der Waals surface area (Å²) in [7, 11) is 0. The first-order valence-corrected chi connectivity index (χ1v) is 7.99. The third-order valence-corrected chi connectivity index (χ3v) is 5.71. The predicted octanol–water partition coefficient (Wildman–Crippen LogP) is 5.16. The van der Waals surface area contributed by atoms with E-state index in [1.54, 1.807) is 11.3 Å². The number of halogens is 1. The molecule has 92 valence electrons. The van der Waals surface area contributed by atoms with Crippen molar-refractivity contribution in [1.82, 2.24) is 0 Å². The minimum atomic E-state index is -0.0873. The van der Waals surface area contributed by atoms with Gasteiger partial charge in [0, 0.05) is 21.2 Å². The largest absolute Gasteiger partial charge is 0.198 e. The maximum Gasteiger partial charge on any atom is 0.0693 e. The van der Waals surface area contributed by atoms with E-state index in [0.29, 0.717) is 0 Å². The molecule has 3 heteroatoms. The van der Waals surface area contributed by atoms with Gasteiger partial charge >= 0.3 is 0 Å². The molecule has 1 aliphatic rings. The molecule has 0 amide bonds. The molecule has 0 aromatic carbocycles. The van der Waals surface area contributed by atoms with Gasteiger partial charge < -0.3 is 0 Å². The van der Waals surface area contributed by atoms with Crippen molar-refractivity contribution < 1.29 is 0 Å². The number of nitriles is 1. The number of rotatable bonds is 3. The van der Waals surface area contributed by atoms with Gasteiger partial charge in [0.25, 0.3) is 0 Å². The van der Waals surface area contributed by atoms with E-state index in [9.17, 15) is 5.26 Å². The Morgan fingerprint density at radius 3 is 2.71 bits per heavy atom. The Bertz CT molecular complexity index is 410. The third kappa shape index (κ3) is 3.11. The molecule has 0 N–H and O–H groups in total.